The van der Waals surface area contributed by atoms with Crippen molar-refractivity contribution in [3.63, 3.8) is 0 Å². The van der Waals surface area contributed by atoms with Crippen LogP contribution in [0, 0.1) is 5.41 Å². The molecule has 0 aromatic heterocycles. The first-order valence-electron chi connectivity index (χ1n) is 6.74. The second-order valence-corrected chi connectivity index (χ2v) is 6.18. The molecule has 2 N–H and O–H groups in total. The number of piperidine rings is 1. The number of nitrogens with one attached hydrogen (secondary N) is 1. The van der Waals surface area contributed by atoms with Gasteiger partial charge in [-0.2, -0.15) is 0 Å². The highest BCUT2D eigenvalue weighted by atomic mass is 16.5. The zero-order chi connectivity index (χ0) is 12.5. The standard InChI is InChI=1S/C13H26N2O2/c1-10-6-15(7-11(8-16)17-10)12-4-5-14-9-13(12,2)3/h10-12,14,16H,4-9H2,1-3H3. The molecule has 0 radical (unpaired) electrons. The lowest BCUT2D eigenvalue weighted by Crippen LogP contribution is -2.60. The third kappa shape index (κ3) is 2.99. The predicted octanol–water partition coefficient (Wildman–Crippen LogP) is 0.456. The molecule has 0 bridgehead atoms. The lowest BCUT2D eigenvalue weighted by atomic mass is 9.78. The Labute approximate surface area is 104 Å². The van der Waals surface area contributed by atoms with Gasteiger partial charge >= 0.3 is 0 Å². The van der Waals surface area contributed by atoms with Crippen molar-refractivity contribution in [1.82, 2.24) is 10.2 Å². The maximum Gasteiger partial charge on any atom is 0.0936 e. The van der Waals surface area contributed by atoms with E-state index < -0.39 is 0 Å². The van der Waals surface area contributed by atoms with Gasteiger partial charge in [0, 0.05) is 25.7 Å². The number of rotatable bonds is 2. The van der Waals surface area contributed by atoms with Crippen molar-refractivity contribution in [3.8, 4) is 0 Å². The zero-order valence-electron chi connectivity index (χ0n) is 11.3. The van der Waals surface area contributed by atoms with E-state index in [1.54, 1.807) is 0 Å². The van der Waals surface area contributed by atoms with E-state index in [2.05, 4.69) is 31.0 Å². The Morgan fingerprint density at radius 3 is 2.82 bits per heavy atom. The molecule has 0 aromatic rings. The summed E-state index contributed by atoms with van der Waals surface area (Å²) < 4.78 is 5.72. The number of aliphatic hydroxyl groups is 1. The summed E-state index contributed by atoms with van der Waals surface area (Å²) in [6.07, 6.45) is 1.41. The van der Waals surface area contributed by atoms with E-state index in [0.29, 0.717) is 11.5 Å². The molecule has 0 saturated carbocycles. The van der Waals surface area contributed by atoms with Crippen LogP contribution in [0.3, 0.4) is 0 Å². The molecule has 0 aromatic carbocycles. The van der Waals surface area contributed by atoms with Crippen molar-refractivity contribution >= 4 is 0 Å². The minimum Gasteiger partial charge on any atom is -0.394 e. The number of hydrogen-bond donors (Lipinski definition) is 2. The van der Waals surface area contributed by atoms with E-state index in [1.165, 1.54) is 6.42 Å². The smallest absolute Gasteiger partial charge is 0.0936 e. The topological polar surface area (TPSA) is 44.7 Å². The first-order chi connectivity index (χ1) is 8.03. The zero-order valence-corrected chi connectivity index (χ0v) is 11.3. The molecule has 2 saturated heterocycles. The van der Waals surface area contributed by atoms with Gasteiger partial charge in [0.15, 0.2) is 0 Å². The summed E-state index contributed by atoms with van der Waals surface area (Å²) in [5.74, 6) is 0. The van der Waals surface area contributed by atoms with E-state index in [0.717, 1.165) is 26.2 Å². The molecule has 3 unspecified atom stereocenters. The van der Waals surface area contributed by atoms with Crippen LogP contribution in [-0.4, -0.2) is 61.0 Å². The Morgan fingerprint density at radius 2 is 2.18 bits per heavy atom. The van der Waals surface area contributed by atoms with Crippen LogP contribution in [0.5, 0.6) is 0 Å². The highest BCUT2D eigenvalue weighted by Gasteiger charge is 2.39. The fourth-order valence-electron chi connectivity index (χ4n) is 3.27. The Bertz CT molecular complexity index is 258. The molecule has 3 atom stereocenters. The Kier molecular flexibility index (Phi) is 4.08. The largest absolute Gasteiger partial charge is 0.394 e. The van der Waals surface area contributed by atoms with Gasteiger partial charge in [-0.05, 0) is 25.3 Å². The molecule has 2 fully saturated rings. The fraction of sp³-hybridized carbons (Fsp3) is 1.00. The van der Waals surface area contributed by atoms with Crippen LogP contribution in [0.1, 0.15) is 27.2 Å². The molecule has 0 amide bonds. The summed E-state index contributed by atoms with van der Waals surface area (Å²) in [7, 11) is 0. The number of ether oxygens (including phenoxy) is 1. The van der Waals surface area contributed by atoms with Gasteiger partial charge in [-0.1, -0.05) is 13.8 Å². The summed E-state index contributed by atoms with van der Waals surface area (Å²) in [6.45, 7) is 10.9. The van der Waals surface area contributed by atoms with Crippen LogP contribution in [0.25, 0.3) is 0 Å². The Balaban J connectivity index is 2.04. The van der Waals surface area contributed by atoms with Crippen molar-refractivity contribution in [2.24, 2.45) is 5.41 Å². The summed E-state index contributed by atoms with van der Waals surface area (Å²) in [5, 5.41) is 12.8. The van der Waals surface area contributed by atoms with Gasteiger partial charge in [0.2, 0.25) is 0 Å². The van der Waals surface area contributed by atoms with Crippen LogP contribution >= 0.6 is 0 Å². The minimum atomic E-state index is -0.00978. The van der Waals surface area contributed by atoms with Crippen LogP contribution < -0.4 is 5.32 Å². The van der Waals surface area contributed by atoms with Gasteiger partial charge in [-0.25, -0.2) is 0 Å². The average molecular weight is 242 g/mol. The number of nitrogens with zero attached hydrogens (tertiary/aromatic N) is 1. The molecule has 0 spiro atoms. The maximum atomic E-state index is 9.29. The molecule has 0 aliphatic carbocycles. The molecule has 2 aliphatic heterocycles. The van der Waals surface area contributed by atoms with Gasteiger partial charge < -0.3 is 15.2 Å². The van der Waals surface area contributed by atoms with E-state index >= 15 is 0 Å². The normalized spacial score (nSPS) is 39.2. The predicted molar refractivity (Wildman–Crippen MR) is 68.0 cm³/mol. The van der Waals surface area contributed by atoms with Crippen molar-refractivity contribution in [2.75, 3.05) is 32.8 Å². The third-order valence-electron chi connectivity index (χ3n) is 4.08. The van der Waals surface area contributed by atoms with Crippen molar-refractivity contribution < 1.29 is 9.84 Å². The molecule has 2 aliphatic rings. The molecule has 4 nitrogen and oxygen atoms in total. The van der Waals surface area contributed by atoms with E-state index in [9.17, 15) is 5.11 Å². The monoisotopic (exact) mass is 242 g/mol. The highest BCUT2D eigenvalue weighted by Crippen LogP contribution is 2.31. The number of aliphatic hydroxyl groups excluding tert-OH is 1. The molecule has 2 rings (SSSR count). The second kappa shape index (κ2) is 5.22. The molecule has 4 heteroatoms. The summed E-state index contributed by atoms with van der Waals surface area (Å²) in [4.78, 5) is 2.52. The lowest BCUT2D eigenvalue weighted by Gasteiger charge is -2.49. The van der Waals surface area contributed by atoms with Crippen molar-refractivity contribution in [2.45, 2.75) is 45.4 Å². The average Bonchev–Trinajstić information content (AvgIpc) is 2.27. The quantitative estimate of drug-likeness (QED) is 0.738. The summed E-state index contributed by atoms with van der Waals surface area (Å²) in [5.41, 5.74) is 0.301. The highest BCUT2D eigenvalue weighted by molar-refractivity contribution is 4.94. The SMILES string of the molecule is CC1CN(C2CCNCC2(C)C)CC(CO)O1. The first kappa shape index (κ1) is 13.3. The Hall–Kier alpha value is -0.160. The summed E-state index contributed by atoms with van der Waals surface area (Å²) >= 11 is 0. The molecular weight excluding hydrogens is 216 g/mol. The van der Waals surface area contributed by atoms with Crippen LogP contribution in [0.2, 0.25) is 0 Å². The molecule has 100 valence electrons. The van der Waals surface area contributed by atoms with E-state index in [1.807, 2.05) is 0 Å². The van der Waals surface area contributed by atoms with Crippen molar-refractivity contribution in [1.29, 1.82) is 0 Å². The van der Waals surface area contributed by atoms with Crippen molar-refractivity contribution in [3.05, 3.63) is 0 Å². The van der Waals surface area contributed by atoms with E-state index in [4.69, 9.17) is 4.74 Å². The first-order valence-corrected chi connectivity index (χ1v) is 6.74. The maximum absolute atomic E-state index is 9.29. The minimum absolute atomic E-state index is 0.00978. The van der Waals surface area contributed by atoms with Gasteiger partial charge in [0.25, 0.3) is 0 Å². The summed E-state index contributed by atoms with van der Waals surface area (Å²) in [6, 6.07) is 0.601. The molecule has 2 heterocycles. The fourth-order valence-corrected chi connectivity index (χ4v) is 3.27. The molecular formula is C13H26N2O2. The van der Waals surface area contributed by atoms with Gasteiger partial charge in [-0.15, -0.1) is 0 Å². The van der Waals surface area contributed by atoms with Crippen LogP contribution in [-0.2, 0) is 4.74 Å². The van der Waals surface area contributed by atoms with Crippen LogP contribution in [0.15, 0.2) is 0 Å². The molecule has 17 heavy (non-hydrogen) atoms. The lowest BCUT2D eigenvalue weighted by molar-refractivity contribution is -0.120. The third-order valence-corrected chi connectivity index (χ3v) is 4.08. The second-order valence-electron chi connectivity index (χ2n) is 6.18. The van der Waals surface area contributed by atoms with Gasteiger partial charge in [0.1, 0.15) is 0 Å². The van der Waals surface area contributed by atoms with Gasteiger partial charge in [0.05, 0.1) is 18.8 Å². The number of hydrogen-bond acceptors (Lipinski definition) is 4. The van der Waals surface area contributed by atoms with Gasteiger partial charge in [-0.3, -0.25) is 4.90 Å². The Morgan fingerprint density at radius 1 is 1.41 bits per heavy atom. The van der Waals surface area contributed by atoms with E-state index in [-0.39, 0.29) is 18.8 Å². The van der Waals surface area contributed by atoms with Crippen LogP contribution in [0.4, 0.5) is 0 Å². The number of morpholine rings is 1.